The Morgan fingerprint density at radius 1 is 1.23 bits per heavy atom. The third-order valence-electron chi connectivity index (χ3n) is 4.18. The van der Waals surface area contributed by atoms with Gasteiger partial charge in [-0.3, -0.25) is 4.79 Å². The van der Waals surface area contributed by atoms with Gasteiger partial charge < -0.3 is 5.32 Å². The zero-order chi connectivity index (χ0) is 15.9. The summed E-state index contributed by atoms with van der Waals surface area (Å²) in [7, 11) is 0. The molecule has 0 radical (unpaired) electrons. The molecule has 2 atom stereocenters. The highest BCUT2D eigenvalue weighted by Crippen LogP contribution is 2.50. The minimum Gasteiger partial charge on any atom is -0.325 e. The second-order valence-corrected chi connectivity index (χ2v) is 7.20. The predicted octanol–water partition coefficient (Wildman–Crippen LogP) is 5.46. The lowest BCUT2D eigenvalue weighted by atomic mass is 10.1. The normalized spacial score (nSPS) is 19.8. The van der Waals surface area contributed by atoms with Crippen molar-refractivity contribution in [3.8, 4) is 0 Å². The first-order valence-electron chi connectivity index (χ1n) is 7.29. The largest absolute Gasteiger partial charge is 0.325 e. The van der Waals surface area contributed by atoms with Crippen molar-refractivity contribution < 1.29 is 4.79 Å². The van der Waals surface area contributed by atoms with E-state index in [4.69, 9.17) is 11.6 Å². The molecule has 0 aromatic heterocycles. The van der Waals surface area contributed by atoms with Crippen molar-refractivity contribution in [3.63, 3.8) is 0 Å². The first-order chi connectivity index (χ1) is 10.5. The van der Waals surface area contributed by atoms with Crippen molar-refractivity contribution in [1.82, 2.24) is 0 Å². The van der Waals surface area contributed by atoms with Gasteiger partial charge in [0.25, 0.3) is 0 Å². The smallest absolute Gasteiger partial charge is 0.228 e. The zero-order valence-corrected chi connectivity index (χ0v) is 14.8. The number of carbonyl (C=O) groups excluding carboxylic acids is 1. The van der Waals surface area contributed by atoms with E-state index in [0.717, 1.165) is 38.3 Å². The van der Waals surface area contributed by atoms with E-state index in [0.29, 0.717) is 0 Å². The van der Waals surface area contributed by atoms with Crippen LogP contribution in [0.4, 0.5) is 5.69 Å². The molecule has 0 aliphatic heterocycles. The lowest BCUT2D eigenvalue weighted by molar-refractivity contribution is -0.117. The molecule has 2 nitrogen and oxygen atoms in total. The number of carbonyl (C=O) groups is 1. The minimum atomic E-state index is 0.0161. The fraction of sp³-hybridized carbons (Fsp3) is 0.278. The molecule has 0 saturated heterocycles. The Hall–Kier alpha value is -1.32. The number of anilines is 1. The van der Waals surface area contributed by atoms with Gasteiger partial charge in [0.05, 0.1) is 0 Å². The maximum atomic E-state index is 12.5. The highest BCUT2D eigenvalue weighted by Gasteiger charge is 2.44. The van der Waals surface area contributed by atoms with Crippen LogP contribution >= 0.6 is 27.5 Å². The lowest BCUT2D eigenvalue weighted by Gasteiger charge is -2.12. The fourth-order valence-corrected chi connectivity index (χ4v) is 3.89. The number of halogens is 2. The number of rotatable bonds is 3. The Morgan fingerprint density at radius 2 is 1.86 bits per heavy atom. The quantitative estimate of drug-likeness (QED) is 0.754. The van der Waals surface area contributed by atoms with Crippen molar-refractivity contribution in [2.45, 2.75) is 26.2 Å². The molecule has 1 saturated carbocycles. The average molecular weight is 379 g/mol. The van der Waals surface area contributed by atoms with Crippen LogP contribution < -0.4 is 5.32 Å². The highest BCUT2D eigenvalue weighted by molar-refractivity contribution is 9.10. The second kappa shape index (κ2) is 6.05. The van der Waals surface area contributed by atoms with Crippen LogP contribution in [0.3, 0.4) is 0 Å². The molecular formula is C18H17BrClNO. The van der Waals surface area contributed by atoms with Crippen LogP contribution in [0.25, 0.3) is 0 Å². The van der Waals surface area contributed by atoms with Gasteiger partial charge in [-0.1, -0.05) is 45.7 Å². The molecule has 1 amide bonds. The second-order valence-electron chi connectivity index (χ2n) is 5.87. The van der Waals surface area contributed by atoms with Crippen LogP contribution in [0.15, 0.2) is 40.9 Å². The summed E-state index contributed by atoms with van der Waals surface area (Å²) in [4.78, 5) is 12.5. The minimum absolute atomic E-state index is 0.0161. The van der Waals surface area contributed by atoms with Gasteiger partial charge in [-0.15, -0.1) is 0 Å². The van der Waals surface area contributed by atoms with E-state index in [9.17, 15) is 4.79 Å². The summed E-state index contributed by atoms with van der Waals surface area (Å²) in [6, 6.07) is 11.8. The van der Waals surface area contributed by atoms with Crippen LogP contribution in [-0.2, 0) is 4.79 Å². The van der Waals surface area contributed by atoms with Crippen LogP contribution in [0.2, 0.25) is 5.02 Å². The monoisotopic (exact) mass is 377 g/mol. The first-order valence-corrected chi connectivity index (χ1v) is 8.46. The summed E-state index contributed by atoms with van der Waals surface area (Å²) in [6.45, 7) is 4.01. The number of benzene rings is 2. The number of amides is 1. The topological polar surface area (TPSA) is 29.1 Å². The third kappa shape index (κ3) is 3.06. The molecule has 2 aromatic carbocycles. The van der Waals surface area contributed by atoms with Crippen molar-refractivity contribution in [2.24, 2.45) is 5.92 Å². The van der Waals surface area contributed by atoms with Gasteiger partial charge in [0.15, 0.2) is 0 Å². The van der Waals surface area contributed by atoms with Gasteiger partial charge in [0, 0.05) is 21.1 Å². The summed E-state index contributed by atoms with van der Waals surface area (Å²) >= 11 is 9.70. The van der Waals surface area contributed by atoms with Crippen molar-refractivity contribution >= 4 is 39.1 Å². The molecule has 114 valence electrons. The lowest BCUT2D eigenvalue weighted by Crippen LogP contribution is -2.16. The van der Waals surface area contributed by atoms with Gasteiger partial charge in [-0.2, -0.15) is 0 Å². The van der Waals surface area contributed by atoms with Gasteiger partial charge in [-0.25, -0.2) is 0 Å². The van der Waals surface area contributed by atoms with Crippen LogP contribution in [0.5, 0.6) is 0 Å². The molecule has 1 aliphatic rings. The van der Waals surface area contributed by atoms with Gasteiger partial charge in [0.1, 0.15) is 0 Å². The SMILES string of the molecule is Cc1cc(Br)cc(C)c1NC(=O)C1CC1c1ccccc1Cl. The molecule has 1 N–H and O–H groups in total. The molecule has 0 bridgehead atoms. The summed E-state index contributed by atoms with van der Waals surface area (Å²) in [5, 5.41) is 3.83. The molecule has 0 spiro atoms. The van der Waals surface area contributed by atoms with Crippen LogP contribution in [0, 0.1) is 19.8 Å². The molecule has 2 unspecified atom stereocenters. The van der Waals surface area contributed by atoms with Crippen LogP contribution in [-0.4, -0.2) is 5.91 Å². The maximum absolute atomic E-state index is 12.5. The molecular weight excluding hydrogens is 362 g/mol. The Morgan fingerprint density at radius 3 is 2.50 bits per heavy atom. The molecule has 1 fully saturated rings. The predicted molar refractivity (Wildman–Crippen MR) is 94.5 cm³/mol. The van der Waals surface area contributed by atoms with E-state index in [1.807, 2.05) is 50.2 Å². The standard InChI is InChI=1S/C18H17BrClNO/c1-10-7-12(19)8-11(2)17(10)21-18(22)15-9-14(15)13-5-3-4-6-16(13)20/h3-8,14-15H,9H2,1-2H3,(H,21,22). The van der Waals surface area contributed by atoms with E-state index >= 15 is 0 Å². The summed E-state index contributed by atoms with van der Waals surface area (Å²) in [6.07, 6.45) is 0.865. The molecule has 22 heavy (non-hydrogen) atoms. The van der Waals surface area contributed by atoms with Crippen LogP contribution in [0.1, 0.15) is 29.0 Å². The zero-order valence-electron chi connectivity index (χ0n) is 12.5. The Labute approximate surface area is 144 Å². The number of hydrogen-bond donors (Lipinski definition) is 1. The molecule has 0 heterocycles. The number of nitrogens with one attached hydrogen (secondary N) is 1. The summed E-state index contributed by atoms with van der Waals surface area (Å²) < 4.78 is 1.03. The maximum Gasteiger partial charge on any atom is 0.228 e. The van der Waals surface area contributed by atoms with Crippen molar-refractivity contribution in [1.29, 1.82) is 0 Å². The van der Waals surface area contributed by atoms with E-state index in [2.05, 4.69) is 21.2 Å². The highest BCUT2D eigenvalue weighted by atomic mass is 79.9. The van der Waals surface area contributed by atoms with E-state index < -0.39 is 0 Å². The van der Waals surface area contributed by atoms with Gasteiger partial charge >= 0.3 is 0 Å². The van der Waals surface area contributed by atoms with Gasteiger partial charge in [0.2, 0.25) is 5.91 Å². The summed E-state index contributed by atoms with van der Waals surface area (Å²) in [5.41, 5.74) is 4.12. The number of aryl methyl sites for hydroxylation is 2. The van der Waals surface area contributed by atoms with Crippen molar-refractivity contribution in [2.75, 3.05) is 5.32 Å². The Bertz CT molecular complexity index is 721. The third-order valence-corrected chi connectivity index (χ3v) is 4.98. The van der Waals surface area contributed by atoms with E-state index in [1.165, 1.54) is 0 Å². The van der Waals surface area contributed by atoms with E-state index in [1.54, 1.807) is 0 Å². The molecule has 2 aromatic rings. The van der Waals surface area contributed by atoms with Crippen molar-refractivity contribution in [3.05, 3.63) is 62.6 Å². The molecule has 3 rings (SSSR count). The summed E-state index contributed by atoms with van der Waals surface area (Å²) in [5.74, 6) is 0.338. The Balaban J connectivity index is 1.74. The fourth-order valence-electron chi connectivity index (χ4n) is 2.93. The molecule has 1 aliphatic carbocycles. The Kier molecular flexibility index (Phi) is 4.28. The van der Waals surface area contributed by atoms with Gasteiger partial charge in [-0.05, 0) is 61.1 Å². The van der Waals surface area contributed by atoms with E-state index in [-0.39, 0.29) is 17.7 Å². The average Bonchev–Trinajstić information content (AvgIpc) is 3.23. The molecule has 4 heteroatoms. The number of hydrogen-bond acceptors (Lipinski definition) is 1. The first kappa shape index (κ1) is 15.6.